The molecule has 3 aromatic rings. The molecule has 3 rings (SSSR count). The van der Waals surface area contributed by atoms with Crippen LogP contribution in [0.2, 0.25) is 0 Å². The van der Waals surface area contributed by atoms with Gasteiger partial charge in [-0.1, -0.05) is 12.1 Å². The van der Waals surface area contributed by atoms with Crippen LogP contribution in [0.15, 0.2) is 67.3 Å². The summed E-state index contributed by atoms with van der Waals surface area (Å²) < 4.78 is 12.3. The van der Waals surface area contributed by atoms with Crippen LogP contribution in [-0.4, -0.2) is 35.1 Å². The fourth-order valence-electron chi connectivity index (χ4n) is 2.45. The van der Waals surface area contributed by atoms with Crippen LogP contribution in [0.5, 0.6) is 5.75 Å². The number of imidazole rings is 1. The Labute approximate surface area is 156 Å². The standard InChI is InChI=1S/C20H19N3O4/c1-26-20(25)16-8-6-15(7-9-16)19(24)22-17-4-2-3-5-18(17)27-13-12-23-11-10-21-14-23/h2-11,14H,12-13H2,1H3,(H,22,24). The zero-order valence-corrected chi connectivity index (χ0v) is 14.8. The zero-order chi connectivity index (χ0) is 19.1. The number of benzene rings is 2. The van der Waals surface area contributed by atoms with E-state index in [2.05, 4.69) is 15.0 Å². The van der Waals surface area contributed by atoms with Gasteiger partial charge < -0.3 is 19.4 Å². The summed E-state index contributed by atoms with van der Waals surface area (Å²) in [6, 6.07) is 13.5. The fourth-order valence-corrected chi connectivity index (χ4v) is 2.45. The van der Waals surface area contributed by atoms with Crippen LogP contribution >= 0.6 is 0 Å². The molecule has 0 spiro atoms. The summed E-state index contributed by atoms with van der Waals surface area (Å²) >= 11 is 0. The molecular weight excluding hydrogens is 346 g/mol. The quantitative estimate of drug-likeness (QED) is 0.651. The second-order valence-electron chi connectivity index (χ2n) is 5.67. The smallest absolute Gasteiger partial charge is 0.337 e. The number of ether oxygens (including phenoxy) is 2. The van der Waals surface area contributed by atoms with Crippen LogP contribution < -0.4 is 10.1 Å². The van der Waals surface area contributed by atoms with Gasteiger partial charge in [-0.15, -0.1) is 0 Å². The molecule has 7 heteroatoms. The van der Waals surface area contributed by atoms with Gasteiger partial charge in [0.1, 0.15) is 12.4 Å². The largest absolute Gasteiger partial charge is 0.490 e. The van der Waals surface area contributed by atoms with E-state index in [1.54, 1.807) is 48.9 Å². The van der Waals surface area contributed by atoms with E-state index in [1.165, 1.54) is 7.11 Å². The third kappa shape index (κ3) is 4.72. The minimum absolute atomic E-state index is 0.294. The number of esters is 1. The summed E-state index contributed by atoms with van der Waals surface area (Å²) in [7, 11) is 1.31. The normalized spacial score (nSPS) is 10.3. The van der Waals surface area contributed by atoms with Crippen LogP contribution in [0.3, 0.4) is 0 Å². The number of anilines is 1. The molecule has 0 aliphatic rings. The van der Waals surface area contributed by atoms with Crippen molar-refractivity contribution in [2.45, 2.75) is 6.54 Å². The molecule has 2 aromatic carbocycles. The van der Waals surface area contributed by atoms with Crippen molar-refractivity contribution in [3.8, 4) is 5.75 Å². The Morgan fingerprint density at radius 3 is 2.52 bits per heavy atom. The lowest BCUT2D eigenvalue weighted by atomic mass is 10.1. The minimum atomic E-state index is -0.446. The number of nitrogens with zero attached hydrogens (tertiary/aromatic N) is 2. The Bertz CT molecular complexity index is 905. The molecule has 27 heavy (non-hydrogen) atoms. The lowest BCUT2D eigenvalue weighted by molar-refractivity contribution is 0.0600. The Balaban J connectivity index is 1.64. The summed E-state index contributed by atoms with van der Waals surface area (Å²) in [6.07, 6.45) is 5.28. The highest BCUT2D eigenvalue weighted by Crippen LogP contribution is 2.24. The maximum Gasteiger partial charge on any atom is 0.337 e. The molecule has 138 valence electrons. The Morgan fingerprint density at radius 1 is 1.07 bits per heavy atom. The number of nitrogens with one attached hydrogen (secondary N) is 1. The summed E-state index contributed by atoms with van der Waals surface area (Å²) in [5.74, 6) is -0.159. The van der Waals surface area contributed by atoms with E-state index in [0.29, 0.717) is 35.7 Å². The molecule has 1 heterocycles. The number of aromatic nitrogens is 2. The predicted molar refractivity (Wildman–Crippen MR) is 99.9 cm³/mol. The summed E-state index contributed by atoms with van der Waals surface area (Å²) in [5.41, 5.74) is 1.39. The average Bonchev–Trinajstić information content (AvgIpc) is 3.22. The van der Waals surface area contributed by atoms with Crippen molar-refractivity contribution in [2.75, 3.05) is 19.0 Å². The third-order valence-electron chi connectivity index (χ3n) is 3.87. The maximum atomic E-state index is 12.5. The first kappa shape index (κ1) is 18.2. The summed E-state index contributed by atoms with van der Waals surface area (Å²) in [6.45, 7) is 1.09. The van der Waals surface area contributed by atoms with Gasteiger partial charge in [-0.2, -0.15) is 0 Å². The predicted octanol–water partition coefficient (Wildman–Crippen LogP) is 3.00. The van der Waals surface area contributed by atoms with Crippen molar-refractivity contribution < 1.29 is 19.1 Å². The van der Waals surface area contributed by atoms with Crippen LogP contribution in [0, 0.1) is 0 Å². The molecule has 1 aromatic heterocycles. The van der Waals surface area contributed by atoms with Crippen molar-refractivity contribution in [2.24, 2.45) is 0 Å². The monoisotopic (exact) mass is 365 g/mol. The lowest BCUT2D eigenvalue weighted by Gasteiger charge is -2.13. The number of para-hydroxylation sites is 2. The Kier molecular flexibility index (Phi) is 5.84. The molecule has 1 amide bonds. The van der Waals surface area contributed by atoms with Gasteiger partial charge in [0.25, 0.3) is 5.91 Å². The van der Waals surface area contributed by atoms with Crippen LogP contribution in [-0.2, 0) is 11.3 Å². The van der Waals surface area contributed by atoms with Gasteiger partial charge in [-0.3, -0.25) is 4.79 Å². The van der Waals surface area contributed by atoms with Crippen molar-refractivity contribution in [3.63, 3.8) is 0 Å². The van der Waals surface area contributed by atoms with Gasteiger partial charge in [0.2, 0.25) is 0 Å². The first-order valence-corrected chi connectivity index (χ1v) is 8.34. The van der Waals surface area contributed by atoms with Gasteiger partial charge in [-0.25, -0.2) is 9.78 Å². The first-order valence-electron chi connectivity index (χ1n) is 8.34. The van der Waals surface area contributed by atoms with E-state index in [0.717, 1.165) is 0 Å². The van der Waals surface area contributed by atoms with Gasteiger partial charge >= 0.3 is 5.97 Å². The lowest BCUT2D eigenvalue weighted by Crippen LogP contribution is -2.14. The van der Waals surface area contributed by atoms with Gasteiger partial charge in [0.05, 0.1) is 31.2 Å². The summed E-state index contributed by atoms with van der Waals surface area (Å²) in [5, 5.41) is 2.83. The number of amides is 1. The SMILES string of the molecule is COC(=O)c1ccc(C(=O)Nc2ccccc2OCCn2ccnc2)cc1. The summed E-state index contributed by atoms with van der Waals surface area (Å²) in [4.78, 5) is 27.9. The molecule has 0 saturated heterocycles. The molecule has 0 unspecified atom stereocenters. The molecule has 0 aliphatic carbocycles. The molecule has 0 aliphatic heterocycles. The number of carbonyl (C=O) groups excluding carboxylic acids is 2. The van der Waals surface area contributed by atoms with E-state index in [-0.39, 0.29) is 5.91 Å². The van der Waals surface area contributed by atoms with E-state index < -0.39 is 5.97 Å². The van der Waals surface area contributed by atoms with Crippen molar-refractivity contribution >= 4 is 17.6 Å². The second kappa shape index (κ2) is 8.66. The Hall–Kier alpha value is -3.61. The molecule has 7 nitrogen and oxygen atoms in total. The van der Waals surface area contributed by atoms with E-state index >= 15 is 0 Å². The van der Waals surface area contributed by atoms with Crippen molar-refractivity contribution in [1.82, 2.24) is 9.55 Å². The second-order valence-corrected chi connectivity index (χ2v) is 5.67. The number of methoxy groups -OCH3 is 1. The molecule has 1 N–H and O–H groups in total. The Morgan fingerprint density at radius 2 is 1.81 bits per heavy atom. The topological polar surface area (TPSA) is 82.5 Å². The van der Waals surface area contributed by atoms with E-state index in [9.17, 15) is 9.59 Å². The van der Waals surface area contributed by atoms with Crippen LogP contribution in [0.25, 0.3) is 0 Å². The van der Waals surface area contributed by atoms with Crippen molar-refractivity contribution in [3.05, 3.63) is 78.4 Å². The molecule has 0 saturated carbocycles. The number of rotatable bonds is 7. The van der Waals surface area contributed by atoms with Crippen LogP contribution in [0.4, 0.5) is 5.69 Å². The number of carbonyl (C=O) groups is 2. The van der Waals surface area contributed by atoms with Gasteiger partial charge in [0.15, 0.2) is 0 Å². The maximum absolute atomic E-state index is 12.5. The van der Waals surface area contributed by atoms with Gasteiger partial charge in [0, 0.05) is 18.0 Å². The average molecular weight is 365 g/mol. The van der Waals surface area contributed by atoms with Crippen molar-refractivity contribution in [1.29, 1.82) is 0 Å². The van der Waals surface area contributed by atoms with E-state index in [4.69, 9.17) is 4.74 Å². The number of hydrogen-bond acceptors (Lipinski definition) is 5. The highest BCUT2D eigenvalue weighted by molar-refractivity contribution is 6.05. The molecule has 0 radical (unpaired) electrons. The molecule has 0 bridgehead atoms. The van der Waals surface area contributed by atoms with E-state index in [1.807, 2.05) is 22.9 Å². The molecular formula is C20H19N3O4. The third-order valence-corrected chi connectivity index (χ3v) is 3.87. The highest BCUT2D eigenvalue weighted by Gasteiger charge is 2.11. The number of hydrogen-bond donors (Lipinski definition) is 1. The molecule has 0 fully saturated rings. The zero-order valence-electron chi connectivity index (χ0n) is 14.8. The van der Waals surface area contributed by atoms with Crippen LogP contribution in [0.1, 0.15) is 20.7 Å². The van der Waals surface area contributed by atoms with Gasteiger partial charge in [-0.05, 0) is 36.4 Å². The molecule has 0 atom stereocenters. The first-order chi connectivity index (χ1) is 13.2. The fraction of sp³-hybridized carbons (Fsp3) is 0.150. The highest BCUT2D eigenvalue weighted by atomic mass is 16.5. The minimum Gasteiger partial charge on any atom is -0.490 e.